The van der Waals surface area contributed by atoms with Gasteiger partial charge in [0, 0.05) is 6.54 Å². The number of hydrogen-bond acceptors (Lipinski definition) is 3. The Bertz CT molecular complexity index is 257. The topological polar surface area (TPSA) is 78.4 Å². The summed E-state index contributed by atoms with van der Waals surface area (Å²) in [5.74, 6) is -1.03. The zero-order valence-corrected chi connectivity index (χ0v) is 11.7. The summed E-state index contributed by atoms with van der Waals surface area (Å²) < 4.78 is 0. The molecule has 0 saturated carbocycles. The number of carboxylic acids is 1. The first-order valence-corrected chi connectivity index (χ1v) is 6.79. The lowest BCUT2D eigenvalue weighted by Crippen LogP contribution is -2.49. The van der Waals surface area contributed by atoms with Crippen LogP contribution in [-0.2, 0) is 9.59 Å². The Labute approximate surface area is 109 Å². The van der Waals surface area contributed by atoms with E-state index in [1.54, 1.807) is 6.92 Å². The minimum absolute atomic E-state index is 0.131. The van der Waals surface area contributed by atoms with Crippen molar-refractivity contribution in [2.24, 2.45) is 0 Å². The number of carbonyl (C=O) groups is 2. The molecule has 0 bridgehead atoms. The fourth-order valence-electron chi connectivity index (χ4n) is 1.68. The van der Waals surface area contributed by atoms with E-state index in [4.69, 9.17) is 5.11 Å². The second kappa shape index (κ2) is 9.88. The monoisotopic (exact) mass is 258 g/mol. The van der Waals surface area contributed by atoms with Crippen LogP contribution in [-0.4, -0.2) is 35.6 Å². The number of unbranched alkanes of at least 4 members (excludes halogenated alkanes) is 2. The lowest BCUT2D eigenvalue weighted by molar-refractivity contribution is -0.140. The highest BCUT2D eigenvalue weighted by Gasteiger charge is 2.21. The maximum Gasteiger partial charge on any atom is 0.320 e. The van der Waals surface area contributed by atoms with Gasteiger partial charge in [-0.15, -0.1) is 0 Å². The predicted molar refractivity (Wildman–Crippen MR) is 71.5 cm³/mol. The summed E-state index contributed by atoms with van der Waals surface area (Å²) in [6, 6.07) is -1.12. The summed E-state index contributed by atoms with van der Waals surface area (Å²) in [5, 5.41) is 14.6. The Morgan fingerprint density at radius 1 is 1.17 bits per heavy atom. The van der Waals surface area contributed by atoms with Gasteiger partial charge in [0.1, 0.15) is 6.04 Å². The number of hydrogen-bond donors (Lipinski definition) is 3. The second-order valence-electron chi connectivity index (χ2n) is 4.57. The van der Waals surface area contributed by atoms with Crippen LogP contribution in [0.25, 0.3) is 0 Å². The SMILES string of the molecule is CCCCCNC(=O)C(C)NC(CCC)C(=O)O. The van der Waals surface area contributed by atoms with Crippen molar-refractivity contribution in [3.63, 3.8) is 0 Å². The second-order valence-corrected chi connectivity index (χ2v) is 4.57. The fourth-order valence-corrected chi connectivity index (χ4v) is 1.68. The van der Waals surface area contributed by atoms with E-state index in [0.717, 1.165) is 25.7 Å². The van der Waals surface area contributed by atoms with Crippen molar-refractivity contribution in [1.29, 1.82) is 0 Å². The van der Waals surface area contributed by atoms with E-state index in [1.165, 1.54) is 0 Å². The zero-order chi connectivity index (χ0) is 14.0. The summed E-state index contributed by atoms with van der Waals surface area (Å²) in [4.78, 5) is 22.7. The van der Waals surface area contributed by atoms with Crippen molar-refractivity contribution in [3.05, 3.63) is 0 Å². The number of nitrogens with one attached hydrogen (secondary N) is 2. The predicted octanol–water partition coefficient (Wildman–Crippen LogP) is 1.52. The van der Waals surface area contributed by atoms with Gasteiger partial charge in [-0.3, -0.25) is 14.9 Å². The molecule has 5 nitrogen and oxygen atoms in total. The van der Waals surface area contributed by atoms with Crippen LogP contribution in [0.4, 0.5) is 0 Å². The van der Waals surface area contributed by atoms with Crippen LogP contribution in [0.15, 0.2) is 0 Å². The van der Waals surface area contributed by atoms with Gasteiger partial charge >= 0.3 is 5.97 Å². The molecule has 0 spiro atoms. The average molecular weight is 258 g/mol. The molecule has 3 N–H and O–H groups in total. The van der Waals surface area contributed by atoms with Crippen LogP contribution in [0.1, 0.15) is 52.9 Å². The van der Waals surface area contributed by atoms with Crippen LogP contribution in [0.3, 0.4) is 0 Å². The summed E-state index contributed by atoms with van der Waals surface area (Å²) in [6.07, 6.45) is 4.47. The van der Waals surface area contributed by atoms with E-state index < -0.39 is 18.1 Å². The molecule has 0 aromatic heterocycles. The van der Waals surface area contributed by atoms with Crippen molar-refractivity contribution in [2.45, 2.75) is 65.0 Å². The van der Waals surface area contributed by atoms with E-state index in [1.807, 2.05) is 6.92 Å². The molecule has 0 saturated heterocycles. The molecule has 106 valence electrons. The van der Waals surface area contributed by atoms with Gasteiger partial charge in [0.15, 0.2) is 0 Å². The van der Waals surface area contributed by atoms with Crippen LogP contribution < -0.4 is 10.6 Å². The molecule has 5 heteroatoms. The Morgan fingerprint density at radius 2 is 1.83 bits per heavy atom. The number of carbonyl (C=O) groups excluding carboxylic acids is 1. The van der Waals surface area contributed by atoms with Crippen molar-refractivity contribution >= 4 is 11.9 Å². The zero-order valence-electron chi connectivity index (χ0n) is 11.7. The first-order chi connectivity index (χ1) is 8.52. The van der Waals surface area contributed by atoms with E-state index in [2.05, 4.69) is 17.6 Å². The van der Waals surface area contributed by atoms with E-state index in [-0.39, 0.29) is 5.91 Å². The molecule has 0 aliphatic rings. The smallest absolute Gasteiger partial charge is 0.320 e. The quantitative estimate of drug-likeness (QED) is 0.519. The first kappa shape index (κ1) is 16.9. The van der Waals surface area contributed by atoms with Gasteiger partial charge in [0.2, 0.25) is 5.91 Å². The number of carboxylic acid groups (broad SMARTS) is 1. The van der Waals surface area contributed by atoms with Crippen LogP contribution in [0.2, 0.25) is 0 Å². The third kappa shape index (κ3) is 7.27. The van der Waals surface area contributed by atoms with Crippen LogP contribution in [0, 0.1) is 0 Å². The molecule has 0 aromatic rings. The third-order valence-corrected chi connectivity index (χ3v) is 2.80. The highest BCUT2D eigenvalue weighted by molar-refractivity contribution is 5.82. The average Bonchev–Trinajstić information content (AvgIpc) is 2.33. The molecule has 2 atom stereocenters. The Hall–Kier alpha value is -1.10. The molecule has 0 fully saturated rings. The molecule has 18 heavy (non-hydrogen) atoms. The summed E-state index contributed by atoms with van der Waals surface area (Å²) in [5.41, 5.74) is 0. The number of amides is 1. The van der Waals surface area contributed by atoms with Gasteiger partial charge in [0.25, 0.3) is 0 Å². The van der Waals surface area contributed by atoms with Gasteiger partial charge in [-0.2, -0.15) is 0 Å². The lowest BCUT2D eigenvalue weighted by Gasteiger charge is -2.19. The first-order valence-electron chi connectivity index (χ1n) is 6.79. The van der Waals surface area contributed by atoms with Crippen LogP contribution >= 0.6 is 0 Å². The molecular weight excluding hydrogens is 232 g/mol. The minimum atomic E-state index is -0.900. The normalized spacial score (nSPS) is 13.9. The Morgan fingerprint density at radius 3 is 2.33 bits per heavy atom. The molecule has 0 aromatic carbocycles. The third-order valence-electron chi connectivity index (χ3n) is 2.80. The highest BCUT2D eigenvalue weighted by Crippen LogP contribution is 1.99. The molecule has 0 heterocycles. The number of rotatable bonds is 10. The molecular formula is C13H26N2O3. The molecule has 1 amide bonds. The molecule has 0 rings (SSSR count). The largest absolute Gasteiger partial charge is 0.480 e. The summed E-state index contributed by atoms with van der Waals surface area (Å²) in [6.45, 7) is 6.38. The Balaban J connectivity index is 4.00. The van der Waals surface area contributed by atoms with Crippen molar-refractivity contribution in [3.8, 4) is 0 Å². The number of aliphatic carboxylic acids is 1. The van der Waals surface area contributed by atoms with E-state index in [9.17, 15) is 9.59 Å². The van der Waals surface area contributed by atoms with Gasteiger partial charge in [-0.25, -0.2) is 0 Å². The van der Waals surface area contributed by atoms with Gasteiger partial charge in [-0.1, -0.05) is 33.1 Å². The Kier molecular flexibility index (Phi) is 9.28. The lowest BCUT2D eigenvalue weighted by atomic mass is 10.1. The highest BCUT2D eigenvalue weighted by atomic mass is 16.4. The van der Waals surface area contributed by atoms with E-state index in [0.29, 0.717) is 13.0 Å². The molecule has 2 unspecified atom stereocenters. The van der Waals surface area contributed by atoms with Crippen molar-refractivity contribution in [2.75, 3.05) is 6.54 Å². The maximum absolute atomic E-state index is 11.7. The van der Waals surface area contributed by atoms with Gasteiger partial charge in [0.05, 0.1) is 6.04 Å². The van der Waals surface area contributed by atoms with Crippen molar-refractivity contribution < 1.29 is 14.7 Å². The summed E-state index contributed by atoms with van der Waals surface area (Å²) in [7, 11) is 0. The van der Waals surface area contributed by atoms with Crippen molar-refractivity contribution in [1.82, 2.24) is 10.6 Å². The van der Waals surface area contributed by atoms with Gasteiger partial charge in [-0.05, 0) is 19.8 Å². The van der Waals surface area contributed by atoms with Crippen LogP contribution in [0.5, 0.6) is 0 Å². The fraction of sp³-hybridized carbons (Fsp3) is 0.846. The molecule has 0 aliphatic heterocycles. The van der Waals surface area contributed by atoms with E-state index >= 15 is 0 Å². The molecule has 0 radical (unpaired) electrons. The minimum Gasteiger partial charge on any atom is -0.480 e. The summed E-state index contributed by atoms with van der Waals surface area (Å²) >= 11 is 0. The maximum atomic E-state index is 11.7. The van der Waals surface area contributed by atoms with Gasteiger partial charge < -0.3 is 10.4 Å². The molecule has 0 aliphatic carbocycles. The standard InChI is InChI=1S/C13H26N2O3/c1-4-6-7-9-14-12(16)10(3)15-11(8-5-2)13(17)18/h10-11,15H,4-9H2,1-3H3,(H,14,16)(H,17,18).